The lowest BCUT2D eigenvalue weighted by Gasteiger charge is -2.04. The summed E-state index contributed by atoms with van der Waals surface area (Å²) in [5.74, 6) is 0.423. The van der Waals surface area contributed by atoms with Gasteiger partial charge in [0.2, 0.25) is 0 Å². The van der Waals surface area contributed by atoms with Gasteiger partial charge in [0.25, 0.3) is 0 Å². The van der Waals surface area contributed by atoms with Gasteiger partial charge in [-0.15, -0.1) is 0 Å². The Morgan fingerprint density at radius 3 is 2.80 bits per heavy atom. The quantitative estimate of drug-likeness (QED) is 0.792. The number of halogens is 3. The largest absolute Gasteiger partial charge is 0.435 e. The Morgan fingerprint density at radius 2 is 2.27 bits per heavy atom. The van der Waals surface area contributed by atoms with E-state index in [-0.39, 0.29) is 0 Å². The van der Waals surface area contributed by atoms with Crippen LogP contribution in [0, 0.1) is 5.92 Å². The van der Waals surface area contributed by atoms with Crippen molar-refractivity contribution in [2.24, 2.45) is 5.92 Å². The molecule has 0 spiro atoms. The fraction of sp³-hybridized carbons (Fsp3) is 0.667. The SMILES string of the molecule is FC(F)(F)c1cc(CC2CCNC2)[nH]n1. The number of nitrogens with zero attached hydrogens (tertiary/aromatic N) is 1. The van der Waals surface area contributed by atoms with Crippen molar-refractivity contribution in [2.45, 2.75) is 19.0 Å². The minimum Gasteiger partial charge on any atom is -0.316 e. The molecule has 1 unspecified atom stereocenters. The molecule has 1 aromatic heterocycles. The number of hydrogen-bond donors (Lipinski definition) is 2. The van der Waals surface area contributed by atoms with Gasteiger partial charge in [0.1, 0.15) is 0 Å². The predicted octanol–water partition coefficient (Wildman–Crippen LogP) is 1.58. The fourth-order valence-electron chi connectivity index (χ4n) is 1.81. The molecule has 1 aliphatic rings. The molecule has 2 rings (SSSR count). The van der Waals surface area contributed by atoms with Gasteiger partial charge in [-0.25, -0.2) is 0 Å². The molecule has 0 amide bonds. The molecule has 15 heavy (non-hydrogen) atoms. The maximum atomic E-state index is 12.2. The van der Waals surface area contributed by atoms with Gasteiger partial charge >= 0.3 is 6.18 Å². The smallest absolute Gasteiger partial charge is 0.316 e. The summed E-state index contributed by atoms with van der Waals surface area (Å²) in [5.41, 5.74) is -0.264. The van der Waals surface area contributed by atoms with Gasteiger partial charge in [-0.3, -0.25) is 5.10 Å². The molecule has 84 valence electrons. The minimum atomic E-state index is -4.34. The van der Waals surface area contributed by atoms with Crippen molar-refractivity contribution in [3.63, 3.8) is 0 Å². The van der Waals surface area contributed by atoms with Crippen molar-refractivity contribution < 1.29 is 13.2 Å². The summed E-state index contributed by atoms with van der Waals surface area (Å²) >= 11 is 0. The third-order valence-electron chi connectivity index (χ3n) is 2.59. The van der Waals surface area contributed by atoms with Crippen LogP contribution in [0.25, 0.3) is 0 Å². The van der Waals surface area contributed by atoms with Crippen molar-refractivity contribution in [1.82, 2.24) is 15.5 Å². The van der Waals surface area contributed by atoms with E-state index in [1.54, 1.807) is 0 Å². The van der Waals surface area contributed by atoms with Crippen molar-refractivity contribution in [3.8, 4) is 0 Å². The topological polar surface area (TPSA) is 40.7 Å². The monoisotopic (exact) mass is 219 g/mol. The number of aromatic amines is 1. The van der Waals surface area contributed by atoms with Crippen LogP contribution < -0.4 is 5.32 Å². The van der Waals surface area contributed by atoms with Crippen LogP contribution in [-0.2, 0) is 12.6 Å². The zero-order valence-electron chi connectivity index (χ0n) is 8.06. The molecule has 2 N–H and O–H groups in total. The van der Waals surface area contributed by atoms with Crippen LogP contribution in [0.4, 0.5) is 13.2 Å². The Kier molecular flexibility index (Phi) is 2.68. The van der Waals surface area contributed by atoms with E-state index >= 15 is 0 Å². The summed E-state index contributed by atoms with van der Waals surface area (Å²) in [6.07, 6.45) is -2.70. The molecule has 6 heteroatoms. The molecule has 1 fully saturated rings. The van der Waals surface area contributed by atoms with E-state index in [4.69, 9.17) is 0 Å². The lowest BCUT2D eigenvalue weighted by molar-refractivity contribution is -0.141. The summed E-state index contributed by atoms with van der Waals surface area (Å²) in [5, 5.41) is 8.87. The van der Waals surface area contributed by atoms with E-state index in [9.17, 15) is 13.2 Å². The summed E-state index contributed by atoms with van der Waals surface area (Å²) in [6, 6.07) is 1.10. The highest BCUT2D eigenvalue weighted by atomic mass is 19.4. The molecular formula is C9H12F3N3. The van der Waals surface area contributed by atoms with E-state index in [0.717, 1.165) is 25.6 Å². The number of hydrogen-bond acceptors (Lipinski definition) is 2. The Bertz CT molecular complexity index is 326. The first-order chi connectivity index (χ1) is 7.05. The van der Waals surface area contributed by atoms with Gasteiger partial charge in [-0.2, -0.15) is 18.3 Å². The third-order valence-corrected chi connectivity index (χ3v) is 2.59. The second-order valence-electron chi connectivity index (χ2n) is 3.84. The molecule has 0 bridgehead atoms. The second-order valence-corrected chi connectivity index (χ2v) is 3.84. The van der Waals surface area contributed by atoms with Crippen molar-refractivity contribution >= 4 is 0 Å². The lowest BCUT2D eigenvalue weighted by atomic mass is 10.0. The summed E-state index contributed by atoms with van der Waals surface area (Å²) in [4.78, 5) is 0. The summed E-state index contributed by atoms with van der Waals surface area (Å²) in [7, 11) is 0. The van der Waals surface area contributed by atoms with E-state index in [2.05, 4.69) is 15.5 Å². The van der Waals surface area contributed by atoms with Crippen LogP contribution in [0.5, 0.6) is 0 Å². The van der Waals surface area contributed by atoms with Gasteiger partial charge in [0.15, 0.2) is 5.69 Å². The van der Waals surface area contributed by atoms with Crippen LogP contribution in [0.1, 0.15) is 17.8 Å². The fourth-order valence-corrected chi connectivity index (χ4v) is 1.81. The average Bonchev–Trinajstić information content (AvgIpc) is 2.73. The van der Waals surface area contributed by atoms with E-state index < -0.39 is 11.9 Å². The molecule has 0 saturated carbocycles. The third kappa shape index (κ3) is 2.50. The van der Waals surface area contributed by atoms with Crippen LogP contribution in [-0.4, -0.2) is 23.3 Å². The van der Waals surface area contributed by atoms with Crippen LogP contribution in [0.15, 0.2) is 6.07 Å². The summed E-state index contributed by atoms with van der Waals surface area (Å²) in [6.45, 7) is 1.82. The van der Waals surface area contributed by atoms with Gasteiger partial charge in [0, 0.05) is 5.69 Å². The first-order valence-electron chi connectivity index (χ1n) is 4.88. The Labute approximate surface area is 85.1 Å². The molecule has 1 aromatic rings. The lowest BCUT2D eigenvalue weighted by Crippen LogP contribution is -2.10. The van der Waals surface area contributed by atoms with Crippen LogP contribution >= 0.6 is 0 Å². The van der Waals surface area contributed by atoms with E-state index in [0.29, 0.717) is 18.0 Å². The highest BCUT2D eigenvalue weighted by Gasteiger charge is 2.34. The zero-order valence-corrected chi connectivity index (χ0v) is 8.06. The van der Waals surface area contributed by atoms with Crippen molar-refractivity contribution in [1.29, 1.82) is 0 Å². The van der Waals surface area contributed by atoms with Crippen molar-refractivity contribution in [3.05, 3.63) is 17.5 Å². The van der Waals surface area contributed by atoms with E-state index in [1.165, 1.54) is 0 Å². The number of nitrogens with one attached hydrogen (secondary N) is 2. The van der Waals surface area contributed by atoms with Gasteiger partial charge in [0.05, 0.1) is 0 Å². The van der Waals surface area contributed by atoms with E-state index in [1.807, 2.05) is 0 Å². The number of aromatic nitrogens is 2. The normalized spacial score (nSPS) is 22.2. The van der Waals surface area contributed by atoms with Gasteiger partial charge in [-0.05, 0) is 37.9 Å². The summed E-state index contributed by atoms with van der Waals surface area (Å²) < 4.78 is 36.7. The maximum Gasteiger partial charge on any atom is 0.435 e. The Hall–Kier alpha value is -1.04. The van der Waals surface area contributed by atoms with Crippen molar-refractivity contribution in [2.75, 3.05) is 13.1 Å². The molecule has 2 heterocycles. The molecule has 3 nitrogen and oxygen atoms in total. The number of alkyl halides is 3. The maximum absolute atomic E-state index is 12.2. The molecular weight excluding hydrogens is 207 g/mol. The molecule has 0 aromatic carbocycles. The minimum absolute atomic E-state index is 0.423. The van der Waals surface area contributed by atoms with Crippen LogP contribution in [0.3, 0.4) is 0 Å². The second kappa shape index (κ2) is 3.84. The number of H-pyrrole nitrogens is 1. The first-order valence-corrected chi connectivity index (χ1v) is 4.88. The highest BCUT2D eigenvalue weighted by molar-refractivity contribution is 5.12. The molecule has 1 saturated heterocycles. The predicted molar refractivity (Wildman–Crippen MR) is 48.3 cm³/mol. The zero-order chi connectivity index (χ0) is 10.9. The molecule has 0 aliphatic carbocycles. The first kappa shape index (κ1) is 10.5. The molecule has 0 radical (unpaired) electrons. The van der Waals surface area contributed by atoms with Crippen LogP contribution in [0.2, 0.25) is 0 Å². The highest BCUT2D eigenvalue weighted by Crippen LogP contribution is 2.28. The average molecular weight is 219 g/mol. The molecule has 1 atom stereocenters. The van der Waals surface area contributed by atoms with Gasteiger partial charge in [-0.1, -0.05) is 0 Å². The Balaban J connectivity index is 2.00. The standard InChI is InChI=1S/C9H12F3N3/c10-9(11,12)8-4-7(14-15-8)3-6-1-2-13-5-6/h4,6,13H,1-3,5H2,(H,14,15). The number of rotatable bonds is 2. The molecule has 1 aliphatic heterocycles. The Morgan fingerprint density at radius 1 is 1.47 bits per heavy atom. The van der Waals surface area contributed by atoms with Gasteiger partial charge < -0.3 is 5.32 Å².